The number of nitrogens with zero attached hydrogens (tertiary/aromatic N) is 3. The second-order valence-electron chi connectivity index (χ2n) is 5.38. The zero-order chi connectivity index (χ0) is 14.8. The van der Waals surface area contributed by atoms with Gasteiger partial charge in [-0.25, -0.2) is 9.97 Å². The number of hydrogen-bond donors (Lipinski definition) is 0. The van der Waals surface area contributed by atoms with Crippen molar-refractivity contribution in [1.29, 1.82) is 0 Å². The fraction of sp³-hybridized carbons (Fsp3) is 0.438. The van der Waals surface area contributed by atoms with Crippen molar-refractivity contribution in [3.05, 3.63) is 39.2 Å². The van der Waals surface area contributed by atoms with Crippen molar-refractivity contribution < 1.29 is 0 Å². The molecule has 2 heterocycles. The first-order valence-electron chi connectivity index (χ1n) is 7.38. The van der Waals surface area contributed by atoms with E-state index in [9.17, 15) is 0 Å². The van der Waals surface area contributed by atoms with Gasteiger partial charge in [0, 0.05) is 12.1 Å². The second-order valence-corrected chi connectivity index (χ2v) is 6.53. The number of hydrogen-bond acceptors (Lipinski definition) is 3. The van der Waals surface area contributed by atoms with Gasteiger partial charge < -0.3 is 0 Å². The summed E-state index contributed by atoms with van der Waals surface area (Å²) in [5, 5.41) is 0.481. The monoisotopic (exact) mass is 365 g/mol. The lowest BCUT2D eigenvalue weighted by molar-refractivity contribution is 0.690. The first kappa shape index (κ1) is 14.9. The molecule has 0 amide bonds. The molecule has 21 heavy (non-hydrogen) atoms. The first-order valence-corrected chi connectivity index (χ1v) is 8.55. The number of halogens is 2. The van der Waals surface area contributed by atoms with Gasteiger partial charge in [-0.05, 0) is 46.8 Å². The van der Waals surface area contributed by atoms with Gasteiger partial charge in [0.05, 0.1) is 10.2 Å². The maximum atomic E-state index is 6.32. The Morgan fingerprint density at radius 2 is 2.05 bits per heavy atom. The van der Waals surface area contributed by atoms with E-state index in [1.54, 1.807) is 6.20 Å². The van der Waals surface area contributed by atoms with Gasteiger partial charge in [0.1, 0.15) is 10.8 Å². The summed E-state index contributed by atoms with van der Waals surface area (Å²) < 4.78 is 0.841. The van der Waals surface area contributed by atoms with E-state index in [2.05, 4.69) is 38.9 Å². The summed E-state index contributed by atoms with van der Waals surface area (Å²) in [7, 11) is 0. The number of aryl methyl sites for hydroxylation is 1. The van der Waals surface area contributed by atoms with Gasteiger partial charge in [-0.3, -0.25) is 4.98 Å². The lowest BCUT2D eigenvalue weighted by Gasteiger charge is -2.14. The topological polar surface area (TPSA) is 38.7 Å². The molecule has 3 rings (SSSR count). The Balaban J connectivity index is 2.11. The molecule has 1 saturated carbocycles. The van der Waals surface area contributed by atoms with Crippen LogP contribution < -0.4 is 0 Å². The van der Waals surface area contributed by atoms with E-state index in [0.29, 0.717) is 16.9 Å². The maximum Gasteiger partial charge on any atom is 0.180 e. The lowest BCUT2D eigenvalue weighted by Crippen LogP contribution is -2.04. The third-order valence-corrected chi connectivity index (χ3v) is 5.35. The maximum absolute atomic E-state index is 6.32. The van der Waals surface area contributed by atoms with Crippen LogP contribution in [0.5, 0.6) is 0 Å². The van der Waals surface area contributed by atoms with E-state index in [1.807, 2.05) is 6.07 Å². The van der Waals surface area contributed by atoms with Crippen LogP contribution in [-0.2, 0) is 6.42 Å². The summed E-state index contributed by atoms with van der Waals surface area (Å²) in [4.78, 5) is 13.7. The minimum absolute atomic E-state index is 0.479. The van der Waals surface area contributed by atoms with Gasteiger partial charge in [0.15, 0.2) is 5.82 Å². The Morgan fingerprint density at radius 3 is 2.76 bits per heavy atom. The number of pyridine rings is 1. The molecule has 0 unspecified atom stereocenters. The molecule has 0 spiro atoms. The fourth-order valence-corrected chi connectivity index (χ4v) is 3.61. The van der Waals surface area contributed by atoms with Crippen LogP contribution in [0.25, 0.3) is 11.5 Å². The van der Waals surface area contributed by atoms with E-state index < -0.39 is 0 Å². The van der Waals surface area contributed by atoms with Crippen molar-refractivity contribution in [3.63, 3.8) is 0 Å². The zero-order valence-corrected chi connectivity index (χ0v) is 14.3. The molecule has 0 aromatic carbocycles. The Kier molecular flexibility index (Phi) is 4.55. The van der Waals surface area contributed by atoms with Crippen LogP contribution in [-0.4, -0.2) is 15.0 Å². The predicted molar refractivity (Wildman–Crippen MR) is 88.6 cm³/mol. The SMILES string of the molecule is CCc1cccnc1-c1nc(Cl)c(Br)c(C2CCCC2)n1. The van der Waals surface area contributed by atoms with Crippen LogP contribution in [0.3, 0.4) is 0 Å². The molecule has 0 radical (unpaired) electrons. The Morgan fingerprint density at radius 1 is 1.29 bits per heavy atom. The summed E-state index contributed by atoms with van der Waals surface area (Å²) in [6.45, 7) is 2.11. The molecule has 0 saturated heterocycles. The standard InChI is InChI=1S/C16H17BrClN3/c1-2-10-8-5-9-19-14(10)16-20-13(11-6-3-4-7-11)12(17)15(18)21-16/h5,8-9,11H,2-4,6-7H2,1H3. The van der Waals surface area contributed by atoms with Crippen LogP contribution in [0, 0.1) is 0 Å². The van der Waals surface area contributed by atoms with Crippen LogP contribution in [0.2, 0.25) is 5.15 Å². The van der Waals surface area contributed by atoms with Gasteiger partial charge >= 0.3 is 0 Å². The Labute approximate surface area is 138 Å². The van der Waals surface area contributed by atoms with Gasteiger partial charge in [-0.2, -0.15) is 0 Å². The van der Waals surface area contributed by atoms with Crippen molar-refractivity contribution >= 4 is 27.5 Å². The summed E-state index contributed by atoms with van der Waals surface area (Å²) in [5.74, 6) is 1.12. The van der Waals surface area contributed by atoms with Gasteiger partial charge in [0.2, 0.25) is 0 Å². The molecule has 0 N–H and O–H groups in total. The molecular formula is C16H17BrClN3. The summed E-state index contributed by atoms with van der Waals surface area (Å²) in [6, 6.07) is 4.01. The molecule has 0 atom stereocenters. The van der Waals surface area contributed by atoms with Gasteiger partial charge in [0.25, 0.3) is 0 Å². The molecule has 1 fully saturated rings. The minimum Gasteiger partial charge on any atom is -0.253 e. The lowest BCUT2D eigenvalue weighted by atomic mass is 10.0. The van der Waals surface area contributed by atoms with Crippen LogP contribution in [0.4, 0.5) is 0 Å². The average Bonchev–Trinajstić information content (AvgIpc) is 3.04. The summed E-state index contributed by atoms with van der Waals surface area (Å²) in [6.07, 6.45) is 7.56. The van der Waals surface area contributed by atoms with Crippen molar-refractivity contribution in [1.82, 2.24) is 15.0 Å². The molecule has 1 aliphatic rings. The minimum atomic E-state index is 0.479. The quantitative estimate of drug-likeness (QED) is 0.703. The highest BCUT2D eigenvalue weighted by Gasteiger charge is 2.24. The third kappa shape index (κ3) is 2.97. The molecule has 0 aliphatic heterocycles. The predicted octanol–water partition coefficient (Wildman–Crippen LogP) is 5.17. The highest BCUT2D eigenvalue weighted by molar-refractivity contribution is 9.10. The first-order chi connectivity index (χ1) is 10.2. The van der Waals surface area contributed by atoms with Crippen molar-refractivity contribution in [3.8, 4) is 11.5 Å². The molecular weight excluding hydrogens is 350 g/mol. The van der Waals surface area contributed by atoms with Crippen molar-refractivity contribution in [2.75, 3.05) is 0 Å². The molecule has 5 heteroatoms. The molecule has 3 nitrogen and oxygen atoms in total. The molecule has 1 aliphatic carbocycles. The molecule has 110 valence electrons. The highest BCUT2D eigenvalue weighted by Crippen LogP contribution is 2.39. The Hall–Kier alpha value is -1.00. The summed E-state index contributed by atoms with van der Waals surface area (Å²) >= 11 is 9.87. The van der Waals surface area contributed by atoms with E-state index >= 15 is 0 Å². The molecule has 0 bridgehead atoms. The smallest absolute Gasteiger partial charge is 0.180 e. The van der Waals surface area contributed by atoms with Crippen molar-refractivity contribution in [2.45, 2.75) is 44.9 Å². The number of aromatic nitrogens is 3. The van der Waals surface area contributed by atoms with Gasteiger partial charge in [-0.15, -0.1) is 0 Å². The number of rotatable bonds is 3. The van der Waals surface area contributed by atoms with E-state index in [-0.39, 0.29) is 0 Å². The second kappa shape index (κ2) is 6.41. The Bertz CT molecular complexity index is 654. The van der Waals surface area contributed by atoms with Crippen LogP contribution >= 0.6 is 27.5 Å². The average molecular weight is 367 g/mol. The third-order valence-electron chi connectivity index (χ3n) is 4.06. The van der Waals surface area contributed by atoms with Crippen LogP contribution in [0.15, 0.2) is 22.8 Å². The van der Waals surface area contributed by atoms with E-state index in [4.69, 9.17) is 16.6 Å². The summed E-state index contributed by atoms with van der Waals surface area (Å²) in [5.41, 5.74) is 3.03. The fourth-order valence-electron chi connectivity index (χ4n) is 2.94. The van der Waals surface area contributed by atoms with E-state index in [1.165, 1.54) is 25.7 Å². The highest BCUT2D eigenvalue weighted by atomic mass is 79.9. The van der Waals surface area contributed by atoms with Crippen LogP contribution in [0.1, 0.15) is 49.8 Å². The largest absolute Gasteiger partial charge is 0.253 e. The zero-order valence-electron chi connectivity index (χ0n) is 11.9. The van der Waals surface area contributed by atoms with Crippen molar-refractivity contribution in [2.24, 2.45) is 0 Å². The molecule has 2 aromatic rings. The normalized spacial score (nSPS) is 15.6. The molecule has 2 aromatic heterocycles. The van der Waals surface area contributed by atoms with Gasteiger partial charge in [-0.1, -0.05) is 37.4 Å². The van der Waals surface area contributed by atoms with E-state index in [0.717, 1.165) is 27.8 Å².